The largest absolute Gasteiger partial charge is 0.383 e. The summed E-state index contributed by atoms with van der Waals surface area (Å²) in [6, 6.07) is 8.91. The van der Waals surface area contributed by atoms with E-state index in [9.17, 15) is 0 Å². The van der Waals surface area contributed by atoms with Gasteiger partial charge in [0.25, 0.3) is 0 Å². The summed E-state index contributed by atoms with van der Waals surface area (Å²) >= 11 is 0. The molecule has 1 fully saturated rings. The number of rotatable bonds is 8. The lowest BCUT2D eigenvalue weighted by molar-refractivity contribution is 0.134. The van der Waals surface area contributed by atoms with Crippen LogP contribution in [0.25, 0.3) is 0 Å². The summed E-state index contributed by atoms with van der Waals surface area (Å²) in [5.74, 6) is 2.45. The molecular weight excluding hydrogens is 451 g/mol. The summed E-state index contributed by atoms with van der Waals surface area (Å²) in [5, 5.41) is 6.54. The molecule has 2 rings (SSSR count). The molecule has 6 heteroatoms. The number of benzene rings is 1. The van der Waals surface area contributed by atoms with Gasteiger partial charge in [0, 0.05) is 39.8 Å². The Morgan fingerprint density at radius 3 is 2.33 bits per heavy atom. The standard InChI is InChI=1S/C21H36N4O.HI/c1-5-22-21(23-10-11-26-4)24-13-19-6-8-20(9-7-19)16-25-14-17(2)12-18(3)15-25;/h6-9,17-18H,5,10-16H2,1-4H3,(H2,22,23,24);1H. The van der Waals surface area contributed by atoms with Crippen molar-refractivity contribution in [3.05, 3.63) is 35.4 Å². The van der Waals surface area contributed by atoms with Crippen LogP contribution >= 0.6 is 24.0 Å². The zero-order valence-corrected chi connectivity index (χ0v) is 19.7. The molecule has 1 saturated heterocycles. The molecule has 1 aromatic carbocycles. The maximum absolute atomic E-state index is 5.07. The van der Waals surface area contributed by atoms with E-state index in [2.05, 4.69) is 65.6 Å². The molecule has 5 nitrogen and oxygen atoms in total. The SMILES string of the molecule is CCNC(=NCc1ccc(CN2CC(C)CC(C)C2)cc1)NCCOC.I. The summed E-state index contributed by atoms with van der Waals surface area (Å²) in [5.41, 5.74) is 2.63. The Labute approximate surface area is 182 Å². The lowest BCUT2D eigenvalue weighted by Gasteiger charge is -2.35. The van der Waals surface area contributed by atoms with Crippen molar-refractivity contribution >= 4 is 29.9 Å². The Morgan fingerprint density at radius 2 is 1.74 bits per heavy atom. The number of nitrogens with zero attached hydrogens (tertiary/aromatic N) is 2. The number of aliphatic imine (C=N–C) groups is 1. The maximum atomic E-state index is 5.07. The predicted molar refractivity (Wildman–Crippen MR) is 125 cm³/mol. The number of piperidine rings is 1. The van der Waals surface area contributed by atoms with Crippen molar-refractivity contribution < 1.29 is 4.74 Å². The zero-order chi connectivity index (χ0) is 18.8. The number of hydrogen-bond acceptors (Lipinski definition) is 3. The van der Waals surface area contributed by atoms with Gasteiger partial charge in [0.15, 0.2) is 5.96 Å². The maximum Gasteiger partial charge on any atom is 0.191 e. The second-order valence-corrected chi connectivity index (χ2v) is 7.57. The fourth-order valence-corrected chi connectivity index (χ4v) is 3.71. The van der Waals surface area contributed by atoms with Gasteiger partial charge in [-0.25, -0.2) is 4.99 Å². The van der Waals surface area contributed by atoms with Crippen molar-refractivity contribution in [3.63, 3.8) is 0 Å². The van der Waals surface area contributed by atoms with E-state index < -0.39 is 0 Å². The van der Waals surface area contributed by atoms with Crippen LogP contribution in [0.2, 0.25) is 0 Å². The summed E-state index contributed by atoms with van der Waals surface area (Å²) in [4.78, 5) is 7.24. The van der Waals surface area contributed by atoms with Gasteiger partial charge in [0.05, 0.1) is 13.2 Å². The normalized spacial score (nSPS) is 20.8. The first-order chi connectivity index (χ1) is 12.6. The van der Waals surface area contributed by atoms with E-state index >= 15 is 0 Å². The monoisotopic (exact) mass is 488 g/mol. The highest BCUT2D eigenvalue weighted by Gasteiger charge is 2.21. The minimum atomic E-state index is 0. The highest BCUT2D eigenvalue weighted by Crippen LogP contribution is 2.22. The molecule has 0 aromatic heterocycles. The van der Waals surface area contributed by atoms with Gasteiger partial charge < -0.3 is 15.4 Å². The molecule has 1 heterocycles. The van der Waals surface area contributed by atoms with Gasteiger partial charge in [-0.2, -0.15) is 0 Å². The molecule has 1 aromatic rings. The fraction of sp³-hybridized carbons (Fsp3) is 0.667. The Bertz CT molecular complexity index is 540. The van der Waals surface area contributed by atoms with Crippen molar-refractivity contribution in [3.8, 4) is 0 Å². The van der Waals surface area contributed by atoms with Crippen molar-refractivity contribution in [2.75, 3.05) is 39.9 Å². The van der Waals surface area contributed by atoms with Crippen molar-refractivity contribution in [1.82, 2.24) is 15.5 Å². The average molecular weight is 488 g/mol. The molecule has 2 atom stereocenters. The van der Waals surface area contributed by atoms with Crippen LogP contribution in [0, 0.1) is 11.8 Å². The van der Waals surface area contributed by atoms with E-state index in [1.165, 1.54) is 30.6 Å². The number of ether oxygens (including phenoxy) is 1. The minimum Gasteiger partial charge on any atom is -0.383 e. The van der Waals surface area contributed by atoms with Gasteiger partial charge in [-0.05, 0) is 36.3 Å². The molecule has 0 aliphatic carbocycles. The molecule has 0 amide bonds. The molecule has 0 bridgehead atoms. The van der Waals surface area contributed by atoms with E-state index in [0.717, 1.165) is 37.4 Å². The van der Waals surface area contributed by atoms with E-state index in [4.69, 9.17) is 4.74 Å². The number of guanidine groups is 1. The number of halogens is 1. The second kappa shape index (κ2) is 13.3. The first kappa shape index (κ1) is 24.2. The van der Waals surface area contributed by atoms with E-state index in [-0.39, 0.29) is 24.0 Å². The fourth-order valence-electron chi connectivity index (χ4n) is 3.71. The topological polar surface area (TPSA) is 48.9 Å². The van der Waals surface area contributed by atoms with Crippen molar-refractivity contribution in [2.24, 2.45) is 16.8 Å². The molecule has 0 spiro atoms. The molecule has 0 radical (unpaired) electrons. The molecular formula is C21H37IN4O. The summed E-state index contributed by atoms with van der Waals surface area (Å²) in [7, 11) is 1.71. The lowest BCUT2D eigenvalue weighted by Crippen LogP contribution is -2.38. The average Bonchev–Trinajstić information content (AvgIpc) is 2.60. The highest BCUT2D eigenvalue weighted by atomic mass is 127. The van der Waals surface area contributed by atoms with Gasteiger partial charge in [-0.3, -0.25) is 4.90 Å². The first-order valence-electron chi connectivity index (χ1n) is 9.92. The Kier molecular flexibility index (Phi) is 11.9. The Hall–Kier alpha value is -0.860. The van der Waals surface area contributed by atoms with Crippen LogP contribution < -0.4 is 10.6 Å². The van der Waals surface area contributed by atoms with Crippen LogP contribution in [0.15, 0.2) is 29.3 Å². The van der Waals surface area contributed by atoms with Crippen molar-refractivity contribution in [2.45, 2.75) is 40.3 Å². The second-order valence-electron chi connectivity index (χ2n) is 7.57. The molecule has 2 N–H and O–H groups in total. The van der Waals surface area contributed by atoms with Gasteiger partial charge in [-0.15, -0.1) is 24.0 Å². The third kappa shape index (κ3) is 9.25. The van der Waals surface area contributed by atoms with Crippen LogP contribution in [-0.4, -0.2) is 50.8 Å². The van der Waals surface area contributed by atoms with Crippen LogP contribution in [0.3, 0.4) is 0 Å². The molecule has 154 valence electrons. The lowest BCUT2D eigenvalue weighted by atomic mass is 9.91. The number of likely N-dealkylation sites (tertiary alicyclic amines) is 1. The van der Waals surface area contributed by atoms with Crippen LogP contribution in [0.1, 0.15) is 38.3 Å². The predicted octanol–water partition coefficient (Wildman–Crippen LogP) is 3.48. The van der Waals surface area contributed by atoms with Gasteiger partial charge in [0.2, 0.25) is 0 Å². The Morgan fingerprint density at radius 1 is 1.11 bits per heavy atom. The number of nitrogens with one attached hydrogen (secondary N) is 2. The number of methoxy groups -OCH3 is 1. The van der Waals surface area contributed by atoms with E-state index in [1.54, 1.807) is 7.11 Å². The van der Waals surface area contributed by atoms with E-state index in [0.29, 0.717) is 13.2 Å². The smallest absolute Gasteiger partial charge is 0.191 e. The third-order valence-corrected chi connectivity index (χ3v) is 4.74. The summed E-state index contributed by atoms with van der Waals surface area (Å²) in [6.07, 6.45) is 1.36. The Balaban J connectivity index is 0.00000364. The minimum absolute atomic E-state index is 0. The van der Waals surface area contributed by atoms with Crippen LogP contribution in [-0.2, 0) is 17.8 Å². The van der Waals surface area contributed by atoms with Gasteiger partial charge >= 0.3 is 0 Å². The highest BCUT2D eigenvalue weighted by molar-refractivity contribution is 14.0. The quantitative estimate of drug-likeness (QED) is 0.255. The van der Waals surface area contributed by atoms with Crippen LogP contribution in [0.5, 0.6) is 0 Å². The van der Waals surface area contributed by atoms with Gasteiger partial charge in [0.1, 0.15) is 0 Å². The molecule has 2 unspecified atom stereocenters. The van der Waals surface area contributed by atoms with E-state index in [1.807, 2.05) is 0 Å². The van der Waals surface area contributed by atoms with Gasteiger partial charge in [-0.1, -0.05) is 38.1 Å². The molecule has 0 saturated carbocycles. The van der Waals surface area contributed by atoms with Crippen molar-refractivity contribution in [1.29, 1.82) is 0 Å². The number of hydrogen-bond donors (Lipinski definition) is 2. The molecule has 1 aliphatic heterocycles. The summed E-state index contributed by atoms with van der Waals surface area (Å²) < 4.78 is 5.07. The summed E-state index contributed by atoms with van der Waals surface area (Å²) in [6.45, 7) is 13.3. The first-order valence-corrected chi connectivity index (χ1v) is 9.92. The third-order valence-electron chi connectivity index (χ3n) is 4.74. The van der Waals surface area contributed by atoms with Crippen LogP contribution in [0.4, 0.5) is 0 Å². The molecule has 27 heavy (non-hydrogen) atoms. The zero-order valence-electron chi connectivity index (χ0n) is 17.3. The molecule has 1 aliphatic rings.